The Kier molecular flexibility index (Phi) is 4.52. The number of amides is 1. The molecule has 1 aromatic carbocycles. The van der Waals surface area contributed by atoms with Gasteiger partial charge in [0.2, 0.25) is 11.9 Å². The first kappa shape index (κ1) is 15.2. The number of carbonyl (C=O) groups is 1. The second-order valence-corrected chi connectivity index (χ2v) is 6.23. The number of nitrogens with one attached hydrogen (secondary N) is 2. The Morgan fingerprint density at radius 2 is 2.41 bits per heavy atom. The highest BCUT2D eigenvalue weighted by Gasteiger charge is 2.27. The van der Waals surface area contributed by atoms with E-state index in [4.69, 9.17) is 11.6 Å². The van der Waals surface area contributed by atoms with Gasteiger partial charge >= 0.3 is 0 Å². The van der Waals surface area contributed by atoms with Gasteiger partial charge in [0, 0.05) is 24.7 Å². The van der Waals surface area contributed by atoms with Crippen LogP contribution in [0.25, 0.3) is 11.0 Å². The van der Waals surface area contributed by atoms with Gasteiger partial charge in [0.25, 0.3) is 0 Å². The van der Waals surface area contributed by atoms with Gasteiger partial charge in [0.15, 0.2) is 0 Å². The zero-order chi connectivity index (χ0) is 15.5. The maximum absolute atomic E-state index is 12.2. The summed E-state index contributed by atoms with van der Waals surface area (Å²) < 4.78 is 0. The summed E-state index contributed by atoms with van der Waals surface area (Å²) in [6, 6.07) is 5.63. The van der Waals surface area contributed by atoms with E-state index in [-0.39, 0.29) is 11.8 Å². The first-order valence-corrected chi connectivity index (χ1v) is 8.23. The lowest BCUT2D eigenvalue weighted by Crippen LogP contribution is -2.43. The number of nitrogens with zero attached hydrogens (tertiary/aromatic N) is 2. The topological polar surface area (TPSA) is 61.0 Å². The van der Waals surface area contributed by atoms with E-state index in [0.29, 0.717) is 11.6 Å². The first-order valence-electron chi connectivity index (χ1n) is 7.85. The molecule has 2 heterocycles. The zero-order valence-electron chi connectivity index (χ0n) is 12.7. The molecule has 3 rings (SSSR count). The highest BCUT2D eigenvalue weighted by Crippen LogP contribution is 2.25. The average molecular weight is 321 g/mol. The van der Waals surface area contributed by atoms with Gasteiger partial charge in [-0.3, -0.25) is 4.79 Å². The van der Waals surface area contributed by atoms with Gasteiger partial charge in [0.05, 0.1) is 17.0 Å². The van der Waals surface area contributed by atoms with Crippen LogP contribution in [0.2, 0.25) is 5.02 Å². The van der Waals surface area contributed by atoms with E-state index in [9.17, 15) is 4.79 Å². The number of H-pyrrole nitrogens is 1. The molecule has 0 saturated carbocycles. The molecular formula is C16H21ClN4O. The molecule has 1 fully saturated rings. The minimum Gasteiger partial charge on any atom is -0.356 e. The van der Waals surface area contributed by atoms with Crippen molar-refractivity contribution in [2.75, 3.05) is 24.5 Å². The number of carbonyl (C=O) groups excluding carboxylic acids is 1. The maximum Gasteiger partial charge on any atom is 0.224 e. The Labute approximate surface area is 135 Å². The molecule has 2 N–H and O–H groups in total. The number of fused-ring (bicyclic) bond motifs is 1. The maximum atomic E-state index is 12.2. The van der Waals surface area contributed by atoms with Crippen LogP contribution in [0.3, 0.4) is 0 Å². The van der Waals surface area contributed by atoms with Gasteiger partial charge in [-0.25, -0.2) is 4.98 Å². The quantitative estimate of drug-likeness (QED) is 0.910. The van der Waals surface area contributed by atoms with Crippen LogP contribution in [0, 0.1) is 5.92 Å². The number of aromatic amines is 1. The molecule has 1 atom stereocenters. The number of benzene rings is 1. The molecule has 6 heteroatoms. The van der Waals surface area contributed by atoms with Crippen molar-refractivity contribution in [2.45, 2.75) is 26.2 Å². The fraction of sp³-hybridized carbons (Fsp3) is 0.500. The van der Waals surface area contributed by atoms with Crippen LogP contribution in [0.15, 0.2) is 18.2 Å². The van der Waals surface area contributed by atoms with Crippen molar-refractivity contribution in [3.8, 4) is 0 Å². The molecule has 0 aliphatic carbocycles. The van der Waals surface area contributed by atoms with Gasteiger partial charge in [0.1, 0.15) is 0 Å². The lowest BCUT2D eigenvalue weighted by molar-refractivity contribution is -0.125. The summed E-state index contributed by atoms with van der Waals surface area (Å²) in [5.41, 5.74) is 1.83. The summed E-state index contributed by atoms with van der Waals surface area (Å²) >= 11 is 6.01. The van der Waals surface area contributed by atoms with Crippen molar-refractivity contribution in [1.82, 2.24) is 15.3 Å². The second-order valence-electron chi connectivity index (χ2n) is 5.80. The highest BCUT2D eigenvalue weighted by molar-refractivity contribution is 6.31. The van der Waals surface area contributed by atoms with Crippen LogP contribution in [-0.4, -0.2) is 35.5 Å². The Morgan fingerprint density at radius 1 is 1.55 bits per heavy atom. The van der Waals surface area contributed by atoms with E-state index in [1.165, 1.54) is 0 Å². The standard InChI is InChI=1S/C16H21ClN4O/c1-2-7-18-15(22)11-4-3-8-21(10-11)16-19-13-6-5-12(17)9-14(13)20-16/h5-6,9,11H,2-4,7-8,10H2,1H3,(H,18,22)(H,19,20)/t11-/m0/s1. The van der Waals surface area contributed by atoms with Crippen LogP contribution in [0.1, 0.15) is 26.2 Å². The molecule has 1 amide bonds. The fourth-order valence-electron chi connectivity index (χ4n) is 2.89. The van der Waals surface area contributed by atoms with Gasteiger partial charge < -0.3 is 15.2 Å². The number of aromatic nitrogens is 2. The average Bonchev–Trinajstić information content (AvgIpc) is 2.95. The number of halogens is 1. The molecule has 0 unspecified atom stereocenters. The SMILES string of the molecule is CCCNC(=O)[C@H]1CCCN(c2nc3ccc(Cl)cc3[nH]2)C1. The van der Waals surface area contributed by atoms with Crippen LogP contribution < -0.4 is 10.2 Å². The molecule has 1 aliphatic rings. The number of rotatable bonds is 4. The Bertz CT molecular complexity index is 669. The normalized spacial score (nSPS) is 18.6. The lowest BCUT2D eigenvalue weighted by atomic mass is 9.97. The Hall–Kier alpha value is -1.75. The van der Waals surface area contributed by atoms with Gasteiger partial charge in [-0.05, 0) is 37.5 Å². The summed E-state index contributed by atoms with van der Waals surface area (Å²) in [5, 5.41) is 3.69. The molecule has 1 aliphatic heterocycles. The van der Waals surface area contributed by atoms with E-state index < -0.39 is 0 Å². The largest absolute Gasteiger partial charge is 0.356 e. The molecule has 0 spiro atoms. The monoisotopic (exact) mass is 320 g/mol. The van der Waals surface area contributed by atoms with Crippen LogP contribution in [0.5, 0.6) is 0 Å². The minimum absolute atomic E-state index is 0.0390. The van der Waals surface area contributed by atoms with Crippen molar-refractivity contribution >= 4 is 34.5 Å². The van der Waals surface area contributed by atoms with E-state index in [2.05, 4.69) is 27.1 Å². The molecule has 5 nitrogen and oxygen atoms in total. The van der Waals surface area contributed by atoms with Crippen molar-refractivity contribution in [2.24, 2.45) is 5.92 Å². The third-order valence-corrected chi connectivity index (χ3v) is 4.31. The molecule has 0 radical (unpaired) electrons. The summed E-state index contributed by atoms with van der Waals surface area (Å²) in [5.74, 6) is 1.02. The van der Waals surface area contributed by atoms with E-state index in [1.807, 2.05) is 18.2 Å². The predicted molar refractivity (Wildman–Crippen MR) is 89.3 cm³/mol. The summed E-state index contributed by atoms with van der Waals surface area (Å²) in [6.07, 6.45) is 2.91. The Balaban J connectivity index is 1.74. The van der Waals surface area contributed by atoms with E-state index >= 15 is 0 Å². The summed E-state index contributed by atoms with van der Waals surface area (Å²) in [7, 11) is 0. The molecule has 1 aromatic heterocycles. The molecule has 1 saturated heterocycles. The summed E-state index contributed by atoms with van der Waals surface area (Å²) in [4.78, 5) is 22.2. The molecule has 0 bridgehead atoms. The van der Waals surface area contributed by atoms with Crippen molar-refractivity contribution in [3.05, 3.63) is 23.2 Å². The number of piperidine rings is 1. The second kappa shape index (κ2) is 6.57. The van der Waals surface area contributed by atoms with Crippen molar-refractivity contribution in [3.63, 3.8) is 0 Å². The number of hydrogen-bond acceptors (Lipinski definition) is 3. The third-order valence-electron chi connectivity index (χ3n) is 4.07. The molecule has 118 valence electrons. The third kappa shape index (κ3) is 3.19. The number of imidazole rings is 1. The fourth-order valence-corrected chi connectivity index (χ4v) is 3.07. The number of anilines is 1. The lowest BCUT2D eigenvalue weighted by Gasteiger charge is -2.31. The van der Waals surface area contributed by atoms with Crippen LogP contribution in [-0.2, 0) is 4.79 Å². The number of hydrogen-bond donors (Lipinski definition) is 2. The zero-order valence-corrected chi connectivity index (χ0v) is 13.5. The van der Waals surface area contributed by atoms with Crippen LogP contribution in [0.4, 0.5) is 5.95 Å². The van der Waals surface area contributed by atoms with E-state index in [1.54, 1.807) is 0 Å². The smallest absolute Gasteiger partial charge is 0.224 e. The van der Waals surface area contributed by atoms with Gasteiger partial charge in [-0.2, -0.15) is 0 Å². The van der Waals surface area contributed by atoms with Crippen molar-refractivity contribution in [1.29, 1.82) is 0 Å². The molecule has 22 heavy (non-hydrogen) atoms. The van der Waals surface area contributed by atoms with Crippen molar-refractivity contribution < 1.29 is 4.79 Å². The minimum atomic E-state index is 0.0390. The Morgan fingerprint density at radius 3 is 3.23 bits per heavy atom. The predicted octanol–water partition coefficient (Wildman–Crippen LogP) is 2.96. The highest BCUT2D eigenvalue weighted by atomic mass is 35.5. The van der Waals surface area contributed by atoms with Crippen LogP contribution >= 0.6 is 11.6 Å². The van der Waals surface area contributed by atoms with Gasteiger partial charge in [-0.15, -0.1) is 0 Å². The molecular weight excluding hydrogens is 300 g/mol. The van der Waals surface area contributed by atoms with Gasteiger partial charge in [-0.1, -0.05) is 18.5 Å². The molecule has 2 aromatic rings. The van der Waals surface area contributed by atoms with E-state index in [0.717, 1.165) is 49.3 Å². The summed E-state index contributed by atoms with van der Waals surface area (Å²) in [6.45, 7) is 4.44. The first-order chi connectivity index (χ1) is 10.7.